The first kappa shape index (κ1) is 11.9. The summed E-state index contributed by atoms with van der Waals surface area (Å²) in [7, 11) is 2.06. The van der Waals surface area contributed by atoms with Crippen LogP contribution in [-0.2, 0) is 0 Å². The number of hydrogen-bond acceptors (Lipinski definition) is 3. The summed E-state index contributed by atoms with van der Waals surface area (Å²) in [5.41, 5.74) is -0.153. The summed E-state index contributed by atoms with van der Waals surface area (Å²) in [6.07, 6.45) is 0. The molecule has 0 rings (SSSR count). The number of hydrogen-bond donors (Lipinski definition) is 2. The standard InChI is InChI=1S/C9H22N2O/c1-5-10-9(3,8-12)7-11(4)6-2/h10,12H,5-8H2,1-4H3. The minimum atomic E-state index is -0.153. The molecule has 3 heteroatoms. The molecule has 1 atom stereocenters. The van der Waals surface area contributed by atoms with Gasteiger partial charge in [-0.15, -0.1) is 0 Å². The van der Waals surface area contributed by atoms with Gasteiger partial charge < -0.3 is 15.3 Å². The lowest BCUT2D eigenvalue weighted by Crippen LogP contribution is -2.53. The molecule has 2 N–H and O–H groups in total. The highest BCUT2D eigenvalue weighted by Gasteiger charge is 2.22. The van der Waals surface area contributed by atoms with Gasteiger partial charge in [0, 0.05) is 6.54 Å². The Morgan fingerprint density at radius 2 is 2.00 bits per heavy atom. The van der Waals surface area contributed by atoms with Gasteiger partial charge in [-0.25, -0.2) is 0 Å². The summed E-state index contributed by atoms with van der Waals surface area (Å²) in [6, 6.07) is 0. The summed E-state index contributed by atoms with van der Waals surface area (Å²) >= 11 is 0. The molecule has 0 bridgehead atoms. The van der Waals surface area contributed by atoms with Gasteiger partial charge in [0.2, 0.25) is 0 Å². The van der Waals surface area contributed by atoms with Crippen molar-refractivity contribution in [1.29, 1.82) is 0 Å². The van der Waals surface area contributed by atoms with E-state index in [0.717, 1.165) is 19.6 Å². The molecule has 74 valence electrons. The highest BCUT2D eigenvalue weighted by Crippen LogP contribution is 2.03. The zero-order valence-electron chi connectivity index (χ0n) is 8.72. The highest BCUT2D eigenvalue weighted by atomic mass is 16.3. The van der Waals surface area contributed by atoms with E-state index >= 15 is 0 Å². The SMILES string of the molecule is CCNC(C)(CO)CN(C)CC. The average Bonchev–Trinajstić information content (AvgIpc) is 2.05. The van der Waals surface area contributed by atoms with Gasteiger partial charge in [-0.05, 0) is 27.1 Å². The van der Waals surface area contributed by atoms with Crippen molar-refractivity contribution in [2.45, 2.75) is 26.3 Å². The quantitative estimate of drug-likeness (QED) is 0.608. The second-order valence-electron chi connectivity index (χ2n) is 3.58. The molecule has 0 aliphatic carbocycles. The van der Waals surface area contributed by atoms with E-state index < -0.39 is 0 Å². The molecule has 0 heterocycles. The van der Waals surface area contributed by atoms with E-state index in [0.29, 0.717) is 0 Å². The Bertz CT molecular complexity index is 119. The fourth-order valence-corrected chi connectivity index (χ4v) is 1.30. The Labute approximate surface area is 75.8 Å². The largest absolute Gasteiger partial charge is 0.394 e. The molecule has 0 amide bonds. The van der Waals surface area contributed by atoms with Crippen LogP contribution in [0.1, 0.15) is 20.8 Å². The lowest BCUT2D eigenvalue weighted by atomic mass is 10.0. The molecular formula is C9H22N2O. The lowest BCUT2D eigenvalue weighted by Gasteiger charge is -2.32. The van der Waals surface area contributed by atoms with E-state index in [1.807, 2.05) is 6.92 Å². The van der Waals surface area contributed by atoms with Crippen molar-refractivity contribution in [3.63, 3.8) is 0 Å². The summed E-state index contributed by atoms with van der Waals surface area (Å²) < 4.78 is 0. The summed E-state index contributed by atoms with van der Waals surface area (Å²) in [4.78, 5) is 2.19. The molecule has 0 aromatic heterocycles. The Kier molecular flexibility index (Phi) is 5.46. The second-order valence-corrected chi connectivity index (χ2v) is 3.58. The molecule has 0 aromatic carbocycles. The molecule has 0 fully saturated rings. The van der Waals surface area contributed by atoms with Crippen molar-refractivity contribution in [2.24, 2.45) is 0 Å². The number of aliphatic hydroxyl groups excluding tert-OH is 1. The Morgan fingerprint density at radius 3 is 2.33 bits per heavy atom. The fourth-order valence-electron chi connectivity index (χ4n) is 1.30. The van der Waals surface area contributed by atoms with Crippen LogP contribution in [0.2, 0.25) is 0 Å². The zero-order chi connectivity index (χ0) is 9.61. The van der Waals surface area contributed by atoms with Gasteiger partial charge in [0.1, 0.15) is 0 Å². The van der Waals surface area contributed by atoms with Gasteiger partial charge in [0.05, 0.1) is 12.1 Å². The van der Waals surface area contributed by atoms with Crippen LogP contribution in [0.3, 0.4) is 0 Å². The minimum absolute atomic E-state index is 0.153. The Balaban J connectivity index is 3.94. The van der Waals surface area contributed by atoms with E-state index in [1.54, 1.807) is 0 Å². The maximum atomic E-state index is 9.17. The van der Waals surface area contributed by atoms with Crippen LogP contribution in [0.15, 0.2) is 0 Å². The molecule has 0 saturated carbocycles. The zero-order valence-corrected chi connectivity index (χ0v) is 8.72. The van der Waals surface area contributed by atoms with Crippen molar-refractivity contribution in [3.8, 4) is 0 Å². The normalized spacial score (nSPS) is 16.5. The second kappa shape index (κ2) is 5.51. The van der Waals surface area contributed by atoms with Crippen molar-refractivity contribution in [1.82, 2.24) is 10.2 Å². The van der Waals surface area contributed by atoms with E-state index in [4.69, 9.17) is 0 Å². The maximum Gasteiger partial charge on any atom is 0.0623 e. The summed E-state index contributed by atoms with van der Waals surface area (Å²) in [5, 5.41) is 12.5. The smallest absolute Gasteiger partial charge is 0.0623 e. The monoisotopic (exact) mass is 174 g/mol. The number of aliphatic hydroxyl groups is 1. The van der Waals surface area contributed by atoms with Gasteiger partial charge in [-0.3, -0.25) is 0 Å². The molecule has 0 saturated heterocycles. The predicted molar refractivity (Wildman–Crippen MR) is 52.3 cm³/mol. The van der Waals surface area contributed by atoms with Crippen LogP contribution in [0.25, 0.3) is 0 Å². The van der Waals surface area contributed by atoms with E-state index in [1.165, 1.54) is 0 Å². The molecule has 0 aliphatic heterocycles. The molecule has 0 spiro atoms. The van der Waals surface area contributed by atoms with Gasteiger partial charge >= 0.3 is 0 Å². The van der Waals surface area contributed by atoms with Gasteiger partial charge in [0.25, 0.3) is 0 Å². The summed E-state index contributed by atoms with van der Waals surface area (Å²) in [6.45, 7) is 9.20. The predicted octanol–water partition coefficient (Wildman–Crippen LogP) is 0.299. The van der Waals surface area contributed by atoms with Crippen LogP contribution < -0.4 is 5.32 Å². The number of rotatable bonds is 6. The first-order chi connectivity index (χ1) is 5.58. The van der Waals surface area contributed by atoms with Gasteiger partial charge in [-0.2, -0.15) is 0 Å². The minimum Gasteiger partial charge on any atom is -0.394 e. The Hall–Kier alpha value is -0.120. The van der Waals surface area contributed by atoms with Crippen LogP contribution in [0.5, 0.6) is 0 Å². The average molecular weight is 174 g/mol. The van der Waals surface area contributed by atoms with Crippen molar-refractivity contribution < 1.29 is 5.11 Å². The van der Waals surface area contributed by atoms with Crippen molar-refractivity contribution in [3.05, 3.63) is 0 Å². The third-order valence-corrected chi connectivity index (χ3v) is 2.11. The lowest BCUT2D eigenvalue weighted by molar-refractivity contribution is 0.136. The summed E-state index contributed by atoms with van der Waals surface area (Å²) in [5.74, 6) is 0. The number of likely N-dealkylation sites (N-methyl/N-ethyl adjacent to an activating group) is 2. The Morgan fingerprint density at radius 1 is 1.42 bits per heavy atom. The third kappa shape index (κ3) is 4.04. The number of nitrogens with one attached hydrogen (secondary N) is 1. The van der Waals surface area contributed by atoms with Crippen LogP contribution >= 0.6 is 0 Å². The van der Waals surface area contributed by atoms with Gasteiger partial charge in [0.15, 0.2) is 0 Å². The molecule has 1 unspecified atom stereocenters. The first-order valence-electron chi connectivity index (χ1n) is 4.62. The number of nitrogens with zero attached hydrogens (tertiary/aromatic N) is 1. The topological polar surface area (TPSA) is 35.5 Å². The van der Waals surface area contributed by atoms with Crippen molar-refractivity contribution >= 4 is 0 Å². The maximum absolute atomic E-state index is 9.17. The highest BCUT2D eigenvalue weighted by molar-refractivity contribution is 4.84. The first-order valence-corrected chi connectivity index (χ1v) is 4.62. The molecule has 0 aliphatic rings. The molecule has 0 aromatic rings. The molecular weight excluding hydrogens is 152 g/mol. The van der Waals surface area contributed by atoms with E-state index in [-0.39, 0.29) is 12.1 Å². The fraction of sp³-hybridized carbons (Fsp3) is 1.00. The van der Waals surface area contributed by atoms with Crippen LogP contribution in [-0.4, -0.2) is 48.8 Å². The van der Waals surface area contributed by atoms with E-state index in [9.17, 15) is 5.11 Å². The van der Waals surface area contributed by atoms with Crippen LogP contribution in [0, 0.1) is 0 Å². The van der Waals surface area contributed by atoms with Crippen molar-refractivity contribution in [2.75, 3.05) is 33.3 Å². The molecule has 0 radical (unpaired) electrons. The third-order valence-electron chi connectivity index (χ3n) is 2.11. The molecule has 3 nitrogen and oxygen atoms in total. The van der Waals surface area contributed by atoms with E-state index in [2.05, 4.69) is 31.1 Å². The van der Waals surface area contributed by atoms with Gasteiger partial charge in [-0.1, -0.05) is 13.8 Å². The van der Waals surface area contributed by atoms with Crippen LogP contribution in [0.4, 0.5) is 0 Å². The molecule has 12 heavy (non-hydrogen) atoms.